The van der Waals surface area contributed by atoms with Gasteiger partial charge < -0.3 is 17.7 Å². The SMILES string of the molecule is CO[Si](OC)(OCCC(C)C)OCCC(C)C. The first kappa shape index (κ1) is 17.1. The van der Waals surface area contributed by atoms with E-state index < -0.39 is 9.05 Å². The summed E-state index contributed by atoms with van der Waals surface area (Å²) in [6.45, 7) is 9.87. The highest BCUT2D eigenvalue weighted by Crippen LogP contribution is 2.13. The summed E-state index contributed by atoms with van der Waals surface area (Å²) >= 11 is 0. The van der Waals surface area contributed by atoms with Crippen molar-refractivity contribution in [1.29, 1.82) is 0 Å². The third-order valence-corrected chi connectivity index (χ3v) is 4.56. The van der Waals surface area contributed by atoms with Gasteiger partial charge in [-0.25, -0.2) is 0 Å². The zero-order valence-electron chi connectivity index (χ0n) is 12.1. The molecule has 0 aromatic carbocycles. The van der Waals surface area contributed by atoms with E-state index >= 15 is 0 Å². The first-order valence-corrected chi connectivity index (χ1v) is 7.97. The Morgan fingerprint density at radius 1 is 0.765 bits per heavy atom. The molecule has 0 aliphatic rings. The average Bonchev–Trinajstić information content (AvgIpc) is 2.26. The van der Waals surface area contributed by atoms with E-state index in [1.165, 1.54) is 0 Å². The van der Waals surface area contributed by atoms with E-state index in [9.17, 15) is 0 Å². The first-order valence-electron chi connectivity index (χ1n) is 6.34. The topological polar surface area (TPSA) is 36.9 Å². The summed E-state index contributed by atoms with van der Waals surface area (Å²) in [5.41, 5.74) is 0. The van der Waals surface area contributed by atoms with Crippen molar-refractivity contribution in [3.63, 3.8) is 0 Å². The van der Waals surface area contributed by atoms with E-state index in [-0.39, 0.29) is 0 Å². The highest BCUT2D eigenvalue weighted by atomic mass is 28.4. The molecule has 0 aliphatic carbocycles. The van der Waals surface area contributed by atoms with Crippen LogP contribution in [0.5, 0.6) is 0 Å². The third-order valence-electron chi connectivity index (χ3n) is 2.45. The predicted octanol–water partition coefficient (Wildman–Crippen LogP) is 2.84. The van der Waals surface area contributed by atoms with Gasteiger partial charge in [0.2, 0.25) is 0 Å². The molecule has 0 atom stereocenters. The first-order chi connectivity index (χ1) is 7.95. The quantitative estimate of drug-likeness (QED) is 0.569. The smallest absolute Gasteiger partial charge is 0.355 e. The lowest BCUT2D eigenvalue weighted by atomic mass is 10.2. The van der Waals surface area contributed by atoms with Crippen LogP contribution in [0, 0.1) is 11.8 Å². The summed E-state index contributed by atoms with van der Waals surface area (Å²) in [4.78, 5) is 0. The molecule has 0 spiro atoms. The van der Waals surface area contributed by atoms with Gasteiger partial charge in [0, 0.05) is 27.4 Å². The van der Waals surface area contributed by atoms with Crippen molar-refractivity contribution in [2.75, 3.05) is 27.4 Å². The van der Waals surface area contributed by atoms with Crippen molar-refractivity contribution in [3.05, 3.63) is 0 Å². The molecule has 0 bridgehead atoms. The summed E-state index contributed by atoms with van der Waals surface area (Å²) in [5, 5.41) is 0. The van der Waals surface area contributed by atoms with Gasteiger partial charge in [0.05, 0.1) is 0 Å². The lowest BCUT2D eigenvalue weighted by molar-refractivity contribution is -0.0128. The standard InChI is InChI=1S/C12H28O4Si/c1-11(2)7-9-15-17(13-5,14-6)16-10-8-12(3)4/h11-12H,7-10H2,1-6H3. The molecular formula is C12H28O4Si. The zero-order valence-corrected chi connectivity index (χ0v) is 13.1. The Morgan fingerprint density at radius 3 is 1.35 bits per heavy atom. The van der Waals surface area contributed by atoms with Gasteiger partial charge in [-0.2, -0.15) is 0 Å². The van der Waals surface area contributed by atoms with Crippen molar-refractivity contribution in [2.45, 2.75) is 40.5 Å². The highest BCUT2D eigenvalue weighted by molar-refractivity contribution is 6.53. The summed E-state index contributed by atoms with van der Waals surface area (Å²) in [5.74, 6) is 1.21. The normalized spacial score (nSPS) is 12.7. The van der Waals surface area contributed by atoms with E-state index in [4.69, 9.17) is 17.7 Å². The molecule has 0 saturated carbocycles. The van der Waals surface area contributed by atoms with E-state index in [2.05, 4.69) is 27.7 Å². The van der Waals surface area contributed by atoms with Crippen LogP contribution in [0.2, 0.25) is 0 Å². The highest BCUT2D eigenvalue weighted by Gasteiger charge is 2.43. The third kappa shape index (κ3) is 7.89. The van der Waals surface area contributed by atoms with Crippen molar-refractivity contribution in [1.82, 2.24) is 0 Å². The molecule has 0 aromatic rings. The molecule has 17 heavy (non-hydrogen) atoms. The molecule has 0 unspecified atom stereocenters. The number of hydrogen-bond donors (Lipinski definition) is 0. The Hall–Kier alpha value is 0.0569. The van der Waals surface area contributed by atoms with Gasteiger partial charge in [-0.15, -0.1) is 0 Å². The fourth-order valence-electron chi connectivity index (χ4n) is 1.20. The lowest BCUT2D eigenvalue weighted by Crippen LogP contribution is -2.48. The zero-order chi connectivity index (χ0) is 13.3. The van der Waals surface area contributed by atoms with Crippen LogP contribution in [0.3, 0.4) is 0 Å². The minimum Gasteiger partial charge on any atom is -0.355 e. The second-order valence-corrected chi connectivity index (χ2v) is 7.36. The molecule has 104 valence electrons. The molecule has 0 radical (unpaired) electrons. The van der Waals surface area contributed by atoms with Crippen LogP contribution in [0.4, 0.5) is 0 Å². The van der Waals surface area contributed by atoms with Crippen molar-refractivity contribution in [3.8, 4) is 0 Å². The Morgan fingerprint density at radius 2 is 1.12 bits per heavy atom. The summed E-state index contributed by atoms with van der Waals surface area (Å²) in [6.07, 6.45) is 1.96. The van der Waals surface area contributed by atoms with E-state index in [1.807, 2.05) is 0 Å². The maximum absolute atomic E-state index is 5.69. The maximum atomic E-state index is 5.69. The molecule has 0 N–H and O–H groups in total. The molecule has 4 nitrogen and oxygen atoms in total. The van der Waals surface area contributed by atoms with Crippen LogP contribution < -0.4 is 0 Å². The molecule has 0 aromatic heterocycles. The summed E-state index contributed by atoms with van der Waals surface area (Å²) < 4.78 is 22.0. The second-order valence-electron chi connectivity index (χ2n) is 4.97. The molecular weight excluding hydrogens is 236 g/mol. The molecule has 5 heteroatoms. The Kier molecular flexibility index (Phi) is 9.08. The minimum atomic E-state index is -2.88. The van der Waals surface area contributed by atoms with E-state index in [1.54, 1.807) is 14.2 Å². The van der Waals surface area contributed by atoms with Gasteiger partial charge in [0.1, 0.15) is 0 Å². The van der Waals surface area contributed by atoms with Crippen molar-refractivity contribution in [2.24, 2.45) is 11.8 Å². The van der Waals surface area contributed by atoms with Gasteiger partial charge in [0.25, 0.3) is 0 Å². The Balaban J connectivity index is 4.06. The van der Waals surface area contributed by atoms with Crippen LogP contribution in [0.15, 0.2) is 0 Å². The van der Waals surface area contributed by atoms with Crippen molar-refractivity contribution >= 4 is 9.05 Å². The molecule has 0 saturated heterocycles. The number of hydrogen-bond acceptors (Lipinski definition) is 4. The monoisotopic (exact) mass is 264 g/mol. The van der Waals surface area contributed by atoms with Crippen LogP contribution >= 0.6 is 0 Å². The lowest BCUT2D eigenvalue weighted by Gasteiger charge is -2.25. The van der Waals surface area contributed by atoms with Gasteiger partial charge >= 0.3 is 9.05 Å². The predicted molar refractivity (Wildman–Crippen MR) is 70.6 cm³/mol. The van der Waals surface area contributed by atoms with Gasteiger partial charge in [0.15, 0.2) is 0 Å². The molecule has 0 aliphatic heterocycles. The molecule has 0 amide bonds. The summed E-state index contributed by atoms with van der Waals surface area (Å²) in [7, 11) is 0.290. The fraction of sp³-hybridized carbons (Fsp3) is 1.00. The molecule has 0 heterocycles. The van der Waals surface area contributed by atoms with E-state index in [0.29, 0.717) is 25.0 Å². The average molecular weight is 264 g/mol. The van der Waals surface area contributed by atoms with E-state index in [0.717, 1.165) is 12.8 Å². The fourth-order valence-corrected chi connectivity index (χ4v) is 2.66. The maximum Gasteiger partial charge on any atom is 0.679 e. The van der Waals surface area contributed by atoms with Gasteiger partial charge in [-0.3, -0.25) is 0 Å². The Labute approximate surface area is 107 Å². The van der Waals surface area contributed by atoms with Gasteiger partial charge in [-0.05, 0) is 24.7 Å². The van der Waals surface area contributed by atoms with Crippen LogP contribution in [-0.4, -0.2) is 36.5 Å². The van der Waals surface area contributed by atoms with Gasteiger partial charge in [-0.1, -0.05) is 27.7 Å². The van der Waals surface area contributed by atoms with Crippen LogP contribution in [-0.2, 0) is 17.7 Å². The Bertz CT molecular complexity index is 165. The second kappa shape index (κ2) is 9.05. The minimum absolute atomic E-state index is 0.603. The number of rotatable bonds is 10. The van der Waals surface area contributed by atoms with Crippen LogP contribution in [0.1, 0.15) is 40.5 Å². The summed E-state index contributed by atoms with van der Waals surface area (Å²) in [6, 6.07) is 0. The molecule has 0 rings (SSSR count). The van der Waals surface area contributed by atoms with Crippen LogP contribution in [0.25, 0.3) is 0 Å². The largest absolute Gasteiger partial charge is 0.679 e. The van der Waals surface area contributed by atoms with Crippen molar-refractivity contribution < 1.29 is 17.7 Å². The molecule has 0 fully saturated rings.